The van der Waals surface area contributed by atoms with Crippen molar-refractivity contribution in [2.45, 2.75) is 30.6 Å². The van der Waals surface area contributed by atoms with Gasteiger partial charge in [0.25, 0.3) is 0 Å². The van der Waals surface area contributed by atoms with E-state index in [0.717, 1.165) is 38.0 Å². The molecule has 0 bridgehead atoms. The Kier molecular flexibility index (Phi) is 6.17. The predicted octanol–water partition coefficient (Wildman–Crippen LogP) is 0.952. The van der Waals surface area contributed by atoms with Gasteiger partial charge in [0.1, 0.15) is 0 Å². The lowest BCUT2D eigenvalue weighted by Gasteiger charge is -2.15. The van der Waals surface area contributed by atoms with Crippen molar-refractivity contribution in [1.82, 2.24) is 9.62 Å². The zero-order chi connectivity index (χ0) is 15.1. The zero-order valence-electron chi connectivity index (χ0n) is 12.4. The van der Waals surface area contributed by atoms with Crippen LogP contribution in [0.2, 0.25) is 0 Å². The predicted molar refractivity (Wildman–Crippen MR) is 84.7 cm³/mol. The standard InChI is InChI=1S/C15H25N3O2S/c16-9-3-4-14-5-7-15(8-6-14)21(19,20)17-10-13-18-11-1-2-12-18/h5-8,17H,1-4,9-13,16H2. The highest BCUT2D eigenvalue weighted by Gasteiger charge is 2.15. The van der Waals surface area contributed by atoms with Crippen molar-refractivity contribution >= 4 is 10.0 Å². The van der Waals surface area contributed by atoms with Crippen molar-refractivity contribution in [2.75, 3.05) is 32.7 Å². The van der Waals surface area contributed by atoms with Gasteiger partial charge >= 0.3 is 0 Å². The lowest BCUT2D eigenvalue weighted by atomic mass is 10.1. The van der Waals surface area contributed by atoms with Gasteiger partial charge in [-0.25, -0.2) is 13.1 Å². The highest BCUT2D eigenvalue weighted by Crippen LogP contribution is 2.12. The van der Waals surface area contributed by atoms with Crippen LogP contribution in [0.4, 0.5) is 0 Å². The zero-order valence-corrected chi connectivity index (χ0v) is 13.2. The molecule has 5 nitrogen and oxygen atoms in total. The minimum Gasteiger partial charge on any atom is -0.330 e. The number of nitrogens with one attached hydrogen (secondary N) is 1. The molecule has 118 valence electrons. The minimum atomic E-state index is -3.39. The molecular formula is C15H25N3O2S. The lowest BCUT2D eigenvalue weighted by Crippen LogP contribution is -2.33. The number of sulfonamides is 1. The molecule has 1 aromatic carbocycles. The molecule has 1 aliphatic heterocycles. The summed E-state index contributed by atoms with van der Waals surface area (Å²) < 4.78 is 27.0. The van der Waals surface area contributed by atoms with Crippen LogP contribution < -0.4 is 10.5 Å². The van der Waals surface area contributed by atoms with Crippen LogP contribution in [0.25, 0.3) is 0 Å². The fraction of sp³-hybridized carbons (Fsp3) is 0.600. The normalized spacial score (nSPS) is 16.4. The number of rotatable bonds is 8. The van der Waals surface area contributed by atoms with E-state index in [2.05, 4.69) is 9.62 Å². The number of nitrogens with two attached hydrogens (primary N) is 1. The number of likely N-dealkylation sites (tertiary alicyclic amines) is 1. The second kappa shape index (κ2) is 7.89. The van der Waals surface area contributed by atoms with Gasteiger partial charge in [0.15, 0.2) is 0 Å². The van der Waals surface area contributed by atoms with E-state index in [9.17, 15) is 8.42 Å². The molecular weight excluding hydrogens is 286 g/mol. The fourth-order valence-electron chi connectivity index (χ4n) is 2.57. The Morgan fingerprint density at radius 1 is 1.14 bits per heavy atom. The Morgan fingerprint density at radius 2 is 1.81 bits per heavy atom. The Labute approximate surface area is 127 Å². The SMILES string of the molecule is NCCCc1ccc(S(=O)(=O)NCCN2CCCC2)cc1. The maximum atomic E-state index is 12.2. The van der Waals surface area contributed by atoms with Gasteiger partial charge < -0.3 is 10.6 Å². The van der Waals surface area contributed by atoms with Crippen LogP contribution in [0, 0.1) is 0 Å². The molecule has 0 radical (unpaired) electrons. The number of aryl methyl sites for hydroxylation is 1. The Bertz CT molecular complexity index is 522. The monoisotopic (exact) mass is 311 g/mol. The summed E-state index contributed by atoms with van der Waals surface area (Å²) in [4.78, 5) is 2.62. The maximum absolute atomic E-state index is 12.2. The number of hydrogen-bond donors (Lipinski definition) is 2. The molecule has 21 heavy (non-hydrogen) atoms. The third-order valence-electron chi connectivity index (χ3n) is 3.82. The molecule has 2 rings (SSSR count). The maximum Gasteiger partial charge on any atom is 0.240 e. The van der Waals surface area contributed by atoms with E-state index in [1.165, 1.54) is 12.8 Å². The third-order valence-corrected chi connectivity index (χ3v) is 5.30. The summed E-state index contributed by atoms with van der Waals surface area (Å²) in [6.07, 6.45) is 4.24. The third kappa shape index (κ3) is 5.07. The number of nitrogens with zero attached hydrogens (tertiary/aromatic N) is 1. The van der Waals surface area contributed by atoms with E-state index in [0.29, 0.717) is 18.0 Å². The summed E-state index contributed by atoms with van der Waals surface area (Å²) in [7, 11) is -3.39. The van der Waals surface area contributed by atoms with E-state index in [1.807, 2.05) is 12.1 Å². The van der Waals surface area contributed by atoms with Crippen molar-refractivity contribution in [1.29, 1.82) is 0 Å². The Morgan fingerprint density at radius 3 is 2.43 bits per heavy atom. The van der Waals surface area contributed by atoms with Gasteiger partial charge in [0.2, 0.25) is 10.0 Å². The van der Waals surface area contributed by atoms with E-state index >= 15 is 0 Å². The van der Waals surface area contributed by atoms with Crippen LogP contribution in [0.15, 0.2) is 29.2 Å². The summed E-state index contributed by atoms with van der Waals surface area (Å²) in [5, 5.41) is 0. The van der Waals surface area contributed by atoms with Crippen LogP contribution in [0.5, 0.6) is 0 Å². The lowest BCUT2D eigenvalue weighted by molar-refractivity contribution is 0.344. The molecule has 3 N–H and O–H groups in total. The van der Waals surface area contributed by atoms with E-state index in [1.54, 1.807) is 12.1 Å². The molecule has 1 aliphatic rings. The first-order valence-electron chi connectivity index (χ1n) is 7.63. The molecule has 1 saturated heterocycles. The molecule has 0 spiro atoms. The van der Waals surface area contributed by atoms with E-state index in [4.69, 9.17) is 5.73 Å². The second-order valence-electron chi connectivity index (χ2n) is 5.48. The molecule has 1 aromatic rings. The second-order valence-corrected chi connectivity index (χ2v) is 7.25. The molecule has 0 aromatic heterocycles. The topological polar surface area (TPSA) is 75.4 Å². The van der Waals surface area contributed by atoms with Crippen molar-refractivity contribution in [3.8, 4) is 0 Å². The first kappa shape index (κ1) is 16.4. The molecule has 0 saturated carbocycles. The van der Waals surface area contributed by atoms with Gasteiger partial charge in [-0.15, -0.1) is 0 Å². The van der Waals surface area contributed by atoms with Gasteiger partial charge in [0, 0.05) is 13.1 Å². The molecule has 0 unspecified atom stereocenters. The molecule has 1 heterocycles. The first-order valence-corrected chi connectivity index (χ1v) is 9.11. The Balaban J connectivity index is 1.85. The highest BCUT2D eigenvalue weighted by atomic mass is 32.2. The average Bonchev–Trinajstić information content (AvgIpc) is 2.98. The van der Waals surface area contributed by atoms with Gasteiger partial charge in [-0.3, -0.25) is 0 Å². The largest absolute Gasteiger partial charge is 0.330 e. The summed E-state index contributed by atoms with van der Waals surface area (Å²) in [5.41, 5.74) is 6.59. The van der Waals surface area contributed by atoms with Crippen molar-refractivity contribution < 1.29 is 8.42 Å². The van der Waals surface area contributed by atoms with Gasteiger partial charge in [-0.05, 0) is 63.0 Å². The van der Waals surface area contributed by atoms with Crippen molar-refractivity contribution in [3.63, 3.8) is 0 Å². The quantitative estimate of drug-likeness (QED) is 0.749. The summed E-state index contributed by atoms with van der Waals surface area (Å²) in [6, 6.07) is 7.07. The molecule has 0 amide bonds. The van der Waals surface area contributed by atoms with Crippen LogP contribution in [-0.4, -0.2) is 46.0 Å². The first-order chi connectivity index (χ1) is 10.1. The minimum absolute atomic E-state index is 0.334. The van der Waals surface area contributed by atoms with Crippen LogP contribution in [0.1, 0.15) is 24.8 Å². The number of benzene rings is 1. The summed E-state index contributed by atoms with van der Waals surface area (Å²) >= 11 is 0. The average molecular weight is 311 g/mol. The van der Waals surface area contributed by atoms with Gasteiger partial charge in [0.05, 0.1) is 4.90 Å². The fourth-order valence-corrected chi connectivity index (χ4v) is 3.59. The Hall–Kier alpha value is -0.950. The summed E-state index contributed by atoms with van der Waals surface area (Å²) in [6.45, 7) is 4.07. The van der Waals surface area contributed by atoms with Crippen molar-refractivity contribution in [2.24, 2.45) is 5.73 Å². The molecule has 6 heteroatoms. The van der Waals surface area contributed by atoms with Gasteiger partial charge in [-0.2, -0.15) is 0 Å². The van der Waals surface area contributed by atoms with E-state index < -0.39 is 10.0 Å². The molecule has 0 atom stereocenters. The van der Waals surface area contributed by atoms with E-state index in [-0.39, 0.29) is 0 Å². The summed E-state index contributed by atoms with van der Waals surface area (Å²) in [5.74, 6) is 0. The number of hydrogen-bond acceptors (Lipinski definition) is 4. The van der Waals surface area contributed by atoms with Crippen molar-refractivity contribution in [3.05, 3.63) is 29.8 Å². The molecule has 1 fully saturated rings. The van der Waals surface area contributed by atoms with Crippen LogP contribution in [0.3, 0.4) is 0 Å². The highest BCUT2D eigenvalue weighted by molar-refractivity contribution is 7.89. The van der Waals surface area contributed by atoms with Crippen LogP contribution in [-0.2, 0) is 16.4 Å². The van der Waals surface area contributed by atoms with Gasteiger partial charge in [-0.1, -0.05) is 12.1 Å². The molecule has 0 aliphatic carbocycles. The smallest absolute Gasteiger partial charge is 0.240 e. The van der Waals surface area contributed by atoms with Crippen LogP contribution >= 0.6 is 0 Å².